The first-order valence-electron chi connectivity index (χ1n) is 5.92. The highest BCUT2D eigenvalue weighted by Gasteiger charge is 2.39. The van der Waals surface area contributed by atoms with Gasteiger partial charge < -0.3 is 4.74 Å². The molecule has 0 saturated carbocycles. The summed E-state index contributed by atoms with van der Waals surface area (Å²) in [5.41, 5.74) is 0. The third kappa shape index (κ3) is 2.96. The predicted octanol–water partition coefficient (Wildman–Crippen LogP) is 2.77. The molecule has 0 N–H and O–H groups in total. The van der Waals surface area contributed by atoms with Gasteiger partial charge in [-0.1, -0.05) is 23.2 Å². The molecule has 0 amide bonds. The minimum atomic E-state index is -3.85. The Morgan fingerprint density at radius 2 is 2.15 bits per heavy atom. The molecule has 1 aliphatic rings. The van der Waals surface area contributed by atoms with Gasteiger partial charge in [-0.3, -0.25) is 4.79 Å². The highest BCUT2D eigenvalue weighted by Crippen LogP contribution is 2.37. The summed E-state index contributed by atoms with van der Waals surface area (Å²) >= 11 is 12.7. The number of nitrogens with zero attached hydrogens (tertiary/aromatic N) is 1. The minimum absolute atomic E-state index is 0.0510. The maximum absolute atomic E-state index is 12.6. The van der Waals surface area contributed by atoms with Crippen molar-refractivity contribution in [2.24, 2.45) is 0 Å². The number of methoxy groups -OCH3 is 1. The highest BCUT2D eigenvalue weighted by atomic mass is 35.5. The van der Waals surface area contributed by atoms with Crippen LogP contribution in [0.4, 0.5) is 0 Å². The van der Waals surface area contributed by atoms with E-state index in [-0.39, 0.29) is 15.8 Å². The zero-order chi connectivity index (χ0) is 14.9. The molecule has 0 aromatic carbocycles. The van der Waals surface area contributed by atoms with E-state index in [1.54, 1.807) is 0 Å². The van der Waals surface area contributed by atoms with Crippen LogP contribution in [0.15, 0.2) is 11.0 Å². The Kier molecular flexibility index (Phi) is 4.96. The van der Waals surface area contributed by atoms with Gasteiger partial charge in [0.05, 0.1) is 11.4 Å². The van der Waals surface area contributed by atoms with Crippen molar-refractivity contribution in [3.8, 4) is 0 Å². The summed E-state index contributed by atoms with van der Waals surface area (Å²) in [5, 5.41) is 0. The van der Waals surface area contributed by atoms with Crippen LogP contribution < -0.4 is 0 Å². The zero-order valence-electron chi connectivity index (χ0n) is 10.6. The summed E-state index contributed by atoms with van der Waals surface area (Å²) in [6.45, 7) is 0.270. The Morgan fingerprint density at radius 3 is 2.70 bits per heavy atom. The average Bonchev–Trinajstić information content (AvgIpc) is 2.77. The lowest BCUT2D eigenvalue weighted by Gasteiger charge is -2.32. The average molecular weight is 358 g/mol. The molecular weight excluding hydrogens is 345 g/mol. The molecule has 5 nitrogen and oxygen atoms in total. The van der Waals surface area contributed by atoms with E-state index in [1.165, 1.54) is 13.2 Å². The second-order valence-electron chi connectivity index (χ2n) is 4.34. The van der Waals surface area contributed by atoms with Gasteiger partial charge in [-0.2, -0.15) is 4.31 Å². The first-order chi connectivity index (χ1) is 9.37. The number of hydrogen-bond acceptors (Lipinski definition) is 5. The Labute approximate surface area is 131 Å². The van der Waals surface area contributed by atoms with E-state index in [9.17, 15) is 13.2 Å². The van der Waals surface area contributed by atoms with Gasteiger partial charge in [-0.05, 0) is 25.3 Å². The Hall–Kier alpha value is -0.340. The second kappa shape index (κ2) is 6.19. The molecule has 1 saturated heterocycles. The number of carbonyl (C=O) groups is 1. The third-order valence-electron chi connectivity index (χ3n) is 3.14. The first kappa shape index (κ1) is 16.0. The topological polar surface area (TPSA) is 63.7 Å². The molecular formula is C11H13Cl2NO4S2. The Bertz CT molecular complexity index is 614. The van der Waals surface area contributed by atoms with Crippen molar-refractivity contribution < 1.29 is 17.9 Å². The molecule has 1 fully saturated rings. The fraction of sp³-hybridized carbons (Fsp3) is 0.545. The second-order valence-corrected chi connectivity index (χ2v) is 8.48. The van der Waals surface area contributed by atoms with Crippen LogP contribution in [0.5, 0.6) is 0 Å². The summed E-state index contributed by atoms with van der Waals surface area (Å²) in [4.78, 5) is 11.7. The molecule has 112 valence electrons. The van der Waals surface area contributed by atoms with Crippen LogP contribution in [0.1, 0.15) is 19.3 Å². The SMILES string of the molecule is COC(=O)C1CCCCN1S(=O)(=O)c1cc(Cl)sc1Cl. The van der Waals surface area contributed by atoms with E-state index in [1.807, 2.05) is 0 Å². The van der Waals surface area contributed by atoms with Crippen LogP contribution in [-0.4, -0.2) is 38.4 Å². The van der Waals surface area contributed by atoms with Gasteiger partial charge in [0.15, 0.2) is 0 Å². The van der Waals surface area contributed by atoms with Crippen molar-refractivity contribution in [2.75, 3.05) is 13.7 Å². The van der Waals surface area contributed by atoms with Gasteiger partial charge in [0, 0.05) is 6.54 Å². The molecule has 9 heteroatoms. The third-order valence-corrected chi connectivity index (χ3v) is 6.80. The van der Waals surface area contributed by atoms with Crippen LogP contribution in [0.2, 0.25) is 8.67 Å². The largest absolute Gasteiger partial charge is 0.468 e. The number of piperidine rings is 1. The molecule has 0 bridgehead atoms. The number of thiophene rings is 1. The number of ether oxygens (including phenoxy) is 1. The van der Waals surface area contributed by atoms with Crippen LogP contribution >= 0.6 is 34.5 Å². The quantitative estimate of drug-likeness (QED) is 0.780. The lowest BCUT2D eigenvalue weighted by Crippen LogP contribution is -2.48. The first-order valence-corrected chi connectivity index (χ1v) is 8.93. The van der Waals surface area contributed by atoms with Crippen molar-refractivity contribution in [3.05, 3.63) is 14.7 Å². The van der Waals surface area contributed by atoms with Crippen molar-refractivity contribution in [3.63, 3.8) is 0 Å². The van der Waals surface area contributed by atoms with Crippen LogP contribution in [0, 0.1) is 0 Å². The van der Waals surface area contributed by atoms with Crippen molar-refractivity contribution in [2.45, 2.75) is 30.2 Å². The van der Waals surface area contributed by atoms with Crippen molar-refractivity contribution >= 4 is 50.5 Å². The van der Waals surface area contributed by atoms with Crippen LogP contribution in [0.3, 0.4) is 0 Å². The van der Waals surface area contributed by atoms with E-state index in [0.29, 0.717) is 17.2 Å². The Morgan fingerprint density at radius 1 is 1.45 bits per heavy atom. The highest BCUT2D eigenvalue weighted by molar-refractivity contribution is 7.89. The summed E-state index contributed by atoms with van der Waals surface area (Å²) in [6.07, 6.45) is 1.92. The van der Waals surface area contributed by atoms with E-state index in [2.05, 4.69) is 4.74 Å². The number of carbonyl (C=O) groups excluding carboxylic acids is 1. The van der Waals surface area contributed by atoms with Gasteiger partial charge in [0.2, 0.25) is 10.0 Å². The monoisotopic (exact) mass is 357 g/mol. The van der Waals surface area contributed by atoms with Crippen LogP contribution in [-0.2, 0) is 19.6 Å². The maximum Gasteiger partial charge on any atom is 0.324 e. The molecule has 1 unspecified atom stereocenters. The minimum Gasteiger partial charge on any atom is -0.468 e. The summed E-state index contributed by atoms with van der Waals surface area (Å²) in [5.74, 6) is -0.550. The van der Waals surface area contributed by atoms with Gasteiger partial charge >= 0.3 is 5.97 Å². The molecule has 1 atom stereocenters. The lowest BCUT2D eigenvalue weighted by atomic mass is 10.1. The molecule has 2 heterocycles. The summed E-state index contributed by atoms with van der Waals surface area (Å²) in [6, 6.07) is 0.515. The Balaban J connectivity index is 2.40. The molecule has 1 aliphatic heterocycles. The van der Waals surface area contributed by atoms with E-state index >= 15 is 0 Å². The van der Waals surface area contributed by atoms with Gasteiger partial charge in [0.1, 0.15) is 15.3 Å². The number of esters is 1. The molecule has 0 aliphatic carbocycles. The van der Waals surface area contributed by atoms with Gasteiger partial charge in [-0.25, -0.2) is 8.42 Å². The van der Waals surface area contributed by atoms with Gasteiger partial charge in [-0.15, -0.1) is 11.3 Å². The smallest absolute Gasteiger partial charge is 0.324 e. The zero-order valence-corrected chi connectivity index (χ0v) is 13.8. The predicted molar refractivity (Wildman–Crippen MR) is 77.9 cm³/mol. The lowest BCUT2D eigenvalue weighted by molar-refractivity contribution is -0.146. The maximum atomic E-state index is 12.6. The normalized spacial score (nSPS) is 20.9. The molecule has 20 heavy (non-hydrogen) atoms. The fourth-order valence-electron chi connectivity index (χ4n) is 2.19. The summed E-state index contributed by atoms with van der Waals surface area (Å²) < 4.78 is 31.5. The molecule has 0 spiro atoms. The molecule has 0 radical (unpaired) electrons. The molecule has 1 aromatic heterocycles. The number of rotatable bonds is 3. The van der Waals surface area contributed by atoms with E-state index in [0.717, 1.165) is 22.1 Å². The summed E-state index contributed by atoms with van der Waals surface area (Å²) in [7, 11) is -2.60. The number of hydrogen-bond donors (Lipinski definition) is 0. The van der Waals surface area contributed by atoms with Crippen molar-refractivity contribution in [1.82, 2.24) is 4.31 Å². The fourth-order valence-corrected chi connectivity index (χ4v) is 5.95. The van der Waals surface area contributed by atoms with E-state index in [4.69, 9.17) is 23.2 Å². The van der Waals surface area contributed by atoms with E-state index < -0.39 is 22.0 Å². The van der Waals surface area contributed by atoms with Crippen LogP contribution in [0.25, 0.3) is 0 Å². The molecule has 2 rings (SSSR count). The standard InChI is InChI=1S/C11H13Cl2NO4S2/c1-18-11(15)7-4-2-3-5-14(7)20(16,17)8-6-9(12)19-10(8)13/h6-7H,2-5H2,1H3. The number of halogens is 2. The molecule has 1 aromatic rings. The van der Waals surface area contributed by atoms with Gasteiger partial charge in [0.25, 0.3) is 0 Å². The number of sulfonamides is 1. The van der Waals surface area contributed by atoms with Crippen molar-refractivity contribution in [1.29, 1.82) is 0 Å².